The van der Waals surface area contributed by atoms with Crippen LogP contribution in [-0.4, -0.2) is 25.3 Å². The van der Waals surface area contributed by atoms with E-state index < -0.39 is 0 Å². The Morgan fingerprint density at radius 1 is 1.58 bits per heavy atom. The van der Waals surface area contributed by atoms with Crippen LogP contribution in [0.15, 0.2) is 11.6 Å². The van der Waals surface area contributed by atoms with Crippen LogP contribution in [0.1, 0.15) is 19.8 Å². The number of hydrogen-bond donors (Lipinski definition) is 1. The smallest absolute Gasteiger partial charge is 0.0483 e. The number of rotatable bonds is 3. The van der Waals surface area contributed by atoms with Crippen molar-refractivity contribution in [3.8, 4) is 0 Å². The standard InChI is InChI=1S/C9H16ClNO/c1-8(10)7-11-9(2)3-5-12-6-4-9/h11H,1,3-7H2,2H3. The van der Waals surface area contributed by atoms with Gasteiger partial charge in [0.15, 0.2) is 0 Å². The number of ether oxygens (including phenoxy) is 1. The molecule has 0 amide bonds. The van der Waals surface area contributed by atoms with Gasteiger partial charge in [-0.25, -0.2) is 0 Å². The van der Waals surface area contributed by atoms with Gasteiger partial charge in [-0.1, -0.05) is 18.2 Å². The molecule has 0 atom stereocenters. The van der Waals surface area contributed by atoms with Gasteiger partial charge in [-0.05, 0) is 19.8 Å². The Labute approximate surface area is 78.9 Å². The fourth-order valence-corrected chi connectivity index (χ4v) is 1.37. The van der Waals surface area contributed by atoms with Gasteiger partial charge in [-0.2, -0.15) is 0 Å². The van der Waals surface area contributed by atoms with E-state index >= 15 is 0 Å². The molecule has 0 aromatic carbocycles. The highest BCUT2D eigenvalue weighted by molar-refractivity contribution is 6.29. The average Bonchev–Trinajstić information content (AvgIpc) is 2.03. The lowest BCUT2D eigenvalue weighted by Gasteiger charge is -2.34. The van der Waals surface area contributed by atoms with Crippen LogP contribution in [0.5, 0.6) is 0 Å². The molecule has 0 aromatic heterocycles. The summed E-state index contributed by atoms with van der Waals surface area (Å²) in [4.78, 5) is 0. The molecule has 0 bridgehead atoms. The van der Waals surface area contributed by atoms with Crippen LogP contribution in [0.25, 0.3) is 0 Å². The Morgan fingerprint density at radius 3 is 2.67 bits per heavy atom. The minimum absolute atomic E-state index is 0.191. The van der Waals surface area contributed by atoms with Gasteiger partial charge in [-0.3, -0.25) is 0 Å². The van der Waals surface area contributed by atoms with Crippen molar-refractivity contribution in [1.82, 2.24) is 5.32 Å². The topological polar surface area (TPSA) is 21.3 Å². The second-order valence-electron chi connectivity index (χ2n) is 3.54. The first kappa shape index (κ1) is 10.0. The van der Waals surface area contributed by atoms with E-state index in [0.717, 1.165) is 26.1 Å². The molecule has 0 aliphatic carbocycles. The van der Waals surface area contributed by atoms with Gasteiger partial charge < -0.3 is 10.1 Å². The molecule has 1 fully saturated rings. The van der Waals surface area contributed by atoms with Crippen molar-refractivity contribution in [3.63, 3.8) is 0 Å². The third kappa shape index (κ3) is 3.13. The van der Waals surface area contributed by atoms with Crippen molar-refractivity contribution in [3.05, 3.63) is 11.6 Å². The van der Waals surface area contributed by atoms with E-state index in [-0.39, 0.29) is 5.54 Å². The summed E-state index contributed by atoms with van der Waals surface area (Å²) in [6, 6.07) is 0. The van der Waals surface area contributed by atoms with E-state index in [1.807, 2.05) is 0 Å². The van der Waals surface area contributed by atoms with Gasteiger partial charge in [0.25, 0.3) is 0 Å². The molecule has 1 saturated heterocycles. The summed E-state index contributed by atoms with van der Waals surface area (Å²) < 4.78 is 5.28. The Kier molecular flexibility index (Phi) is 3.56. The molecule has 0 radical (unpaired) electrons. The quantitative estimate of drug-likeness (QED) is 0.733. The Balaban J connectivity index is 2.31. The zero-order valence-electron chi connectivity index (χ0n) is 7.53. The van der Waals surface area contributed by atoms with E-state index in [9.17, 15) is 0 Å². The highest BCUT2D eigenvalue weighted by atomic mass is 35.5. The summed E-state index contributed by atoms with van der Waals surface area (Å²) in [5.74, 6) is 0. The van der Waals surface area contributed by atoms with Gasteiger partial charge in [0.2, 0.25) is 0 Å². The van der Waals surface area contributed by atoms with Gasteiger partial charge >= 0.3 is 0 Å². The van der Waals surface area contributed by atoms with Crippen LogP contribution < -0.4 is 5.32 Å². The minimum Gasteiger partial charge on any atom is -0.381 e. The van der Waals surface area contributed by atoms with Crippen molar-refractivity contribution in [2.75, 3.05) is 19.8 Å². The summed E-state index contributed by atoms with van der Waals surface area (Å²) in [7, 11) is 0. The van der Waals surface area contributed by atoms with Gasteiger partial charge in [-0.15, -0.1) is 0 Å². The molecule has 0 saturated carbocycles. The van der Waals surface area contributed by atoms with Gasteiger partial charge in [0, 0.05) is 30.3 Å². The van der Waals surface area contributed by atoms with E-state index in [2.05, 4.69) is 18.8 Å². The van der Waals surface area contributed by atoms with Crippen LogP contribution >= 0.6 is 11.6 Å². The molecule has 1 aliphatic heterocycles. The molecular formula is C9H16ClNO. The van der Waals surface area contributed by atoms with E-state index in [1.54, 1.807) is 0 Å². The molecule has 1 heterocycles. The second-order valence-corrected chi connectivity index (χ2v) is 4.08. The van der Waals surface area contributed by atoms with Gasteiger partial charge in [0.05, 0.1) is 0 Å². The Morgan fingerprint density at radius 2 is 2.17 bits per heavy atom. The second kappa shape index (κ2) is 4.26. The molecular weight excluding hydrogens is 174 g/mol. The number of nitrogens with one attached hydrogen (secondary N) is 1. The largest absolute Gasteiger partial charge is 0.381 e. The third-order valence-corrected chi connectivity index (χ3v) is 2.44. The predicted octanol–water partition coefficient (Wildman–Crippen LogP) is 1.90. The molecule has 2 nitrogen and oxygen atoms in total. The Bertz CT molecular complexity index is 164. The Hall–Kier alpha value is -0.0500. The van der Waals surface area contributed by atoms with Crippen molar-refractivity contribution in [1.29, 1.82) is 0 Å². The summed E-state index contributed by atoms with van der Waals surface area (Å²) in [6.45, 7) is 8.23. The SMILES string of the molecule is C=C(Cl)CNC1(C)CCOCC1. The third-order valence-electron chi connectivity index (χ3n) is 2.30. The molecule has 12 heavy (non-hydrogen) atoms. The zero-order chi connectivity index (χ0) is 9.03. The maximum Gasteiger partial charge on any atom is 0.0483 e. The molecule has 1 aliphatic rings. The monoisotopic (exact) mass is 189 g/mol. The first-order chi connectivity index (χ1) is 5.62. The zero-order valence-corrected chi connectivity index (χ0v) is 8.28. The molecule has 0 spiro atoms. The molecule has 1 N–H and O–H groups in total. The minimum atomic E-state index is 0.191. The fourth-order valence-electron chi connectivity index (χ4n) is 1.31. The average molecular weight is 190 g/mol. The maximum absolute atomic E-state index is 5.67. The van der Waals surface area contributed by atoms with Crippen molar-refractivity contribution in [2.45, 2.75) is 25.3 Å². The van der Waals surface area contributed by atoms with E-state index in [0.29, 0.717) is 11.6 Å². The normalized spacial score (nSPS) is 22.2. The first-order valence-corrected chi connectivity index (χ1v) is 4.66. The first-order valence-electron chi connectivity index (χ1n) is 4.28. The predicted molar refractivity (Wildman–Crippen MR) is 51.5 cm³/mol. The van der Waals surface area contributed by atoms with Crippen LogP contribution in [0, 0.1) is 0 Å². The lowest BCUT2D eigenvalue weighted by atomic mass is 9.92. The molecule has 0 aromatic rings. The van der Waals surface area contributed by atoms with E-state index in [4.69, 9.17) is 16.3 Å². The van der Waals surface area contributed by atoms with Gasteiger partial charge in [0.1, 0.15) is 0 Å². The summed E-state index contributed by atoms with van der Waals surface area (Å²) in [5, 5.41) is 4.06. The number of hydrogen-bond acceptors (Lipinski definition) is 2. The summed E-state index contributed by atoms with van der Waals surface area (Å²) in [6.07, 6.45) is 2.11. The molecule has 3 heteroatoms. The maximum atomic E-state index is 5.67. The van der Waals surface area contributed by atoms with Crippen LogP contribution in [0.2, 0.25) is 0 Å². The summed E-state index contributed by atoms with van der Waals surface area (Å²) >= 11 is 5.67. The van der Waals surface area contributed by atoms with Crippen LogP contribution in [-0.2, 0) is 4.74 Å². The lowest BCUT2D eigenvalue weighted by Crippen LogP contribution is -2.47. The van der Waals surface area contributed by atoms with Crippen molar-refractivity contribution < 1.29 is 4.74 Å². The fraction of sp³-hybridized carbons (Fsp3) is 0.778. The van der Waals surface area contributed by atoms with Crippen molar-refractivity contribution >= 4 is 11.6 Å². The summed E-state index contributed by atoms with van der Waals surface area (Å²) in [5.41, 5.74) is 0.191. The molecule has 70 valence electrons. The van der Waals surface area contributed by atoms with Crippen LogP contribution in [0.3, 0.4) is 0 Å². The number of halogens is 1. The van der Waals surface area contributed by atoms with Crippen molar-refractivity contribution in [2.24, 2.45) is 0 Å². The molecule has 1 rings (SSSR count). The lowest BCUT2D eigenvalue weighted by molar-refractivity contribution is 0.0466. The highest BCUT2D eigenvalue weighted by Gasteiger charge is 2.26. The molecule has 0 unspecified atom stereocenters. The highest BCUT2D eigenvalue weighted by Crippen LogP contribution is 2.19. The van der Waals surface area contributed by atoms with Crippen LogP contribution in [0.4, 0.5) is 0 Å². The van der Waals surface area contributed by atoms with E-state index in [1.165, 1.54) is 0 Å².